The molecule has 0 aliphatic rings. The van der Waals surface area contributed by atoms with E-state index in [4.69, 9.17) is 0 Å². The number of carbonyl (C=O) groups is 1. The summed E-state index contributed by atoms with van der Waals surface area (Å²) in [5.74, 6) is -0.355. The molecule has 96 valence electrons. The van der Waals surface area contributed by atoms with Gasteiger partial charge in [0.05, 0.1) is 0 Å². The van der Waals surface area contributed by atoms with Crippen LogP contribution in [-0.2, 0) is 5.60 Å². The van der Waals surface area contributed by atoms with Crippen LogP contribution >= 0.6 is 0 Å². The molecule has 1 N–H and O–H groups in total. The van der Waals surface area contributed by atoms with Crippen LogP contribution in [0.4, 0.5) is 0 Å². The lowest BCUT2D eigenvalue weighted by atomic mass is 9.81. The van der Waals surface area contributed by atoms with Crippen LogP contribution in [0.2, 0.25) is 0 Å². The van der Waals surface area contributed by atoms with Gasteiger partial charge in [0.15, 0.2) is 5.60 Å². The maximum Gasteiger partial charge on any atom is 0.203 e. The highest BCUT2D eigenvalue weighted by atomic mass is 16.3. The van der Waals surface area contributed by atoms with Crippen LogP contribution in [0.1, 0.15) is 22.8 Å². The normalized spacial score (nSPS) is 13.6. The van der Waals surface area contributed by atoms with E-state index in [1.54, 1.807) is 55.5 Å². The van der Waals surface area contributed by atoms with Gasteiger partial charge in [-0.05, 0) is 18.1 Å². The minimum Gasteiger partial charge on any atom is -0.373 e. The Kier molecular flexibility index (Phi) is 3.63. The number of ketones is 1. The lowest BCUT2D eigenvalue weighted by molar-refractivity contribution is 0.0473. The highest BCUT2D eigenvalue weighted by Crippen LogP contribution is 2.32. The molecule has 2 heteroatoms. The van der Waals surface area contributed by atoms with E-state index in [2.05, 4.69) is 6.58 Å². The Bertz CT molecular complexity index is 587. The van der Waals surface area contributed by atoms with Crippen LogP contribution in [0.25, 0.3) is 0 Å². The zero-order valence-electron chi connectivity index (χ0n) is 10.8. The van der Waals surface area contributed by atoms with Gasteiger partial charge in [-0.15, -0.1) is 0 Å². The Balaban J connectivity index is 2.53. The number of hydrogen-bond acceptors (Lipinski definition) is 2. The van der Waals surface area contributed by atoms with Crippen molar-refractivity contribution in [2.45, 2.75) is 12.5 Å². The number of aliphatic hydroxyl groups is 1. The minimum atomic E-state index is -1.68. The van der Waals surface area contributed by atoms with Crippen molar-refractivity contribution in [1.29, 1.82) is 0 Å². The molecule has 19 heavy (non-hydrogen) atoms. The van der Waals surface area contributed by atoms with Gasteiger partial charge in [0.1, 0.15) is 0 Å². The molecular formula is C17H16O2. The first-order valence-corrected chi connectivity index (χ1v) is 6.10. The van der Waals surface area contributed by atoms with Crippen molar-refractivity contribution in [2.75, 3.05) is 0 Å². The fourth-order valence-electron chi connectivity index (χ4n) is 2.05. The molecule has 0 aromatic heterocycles. The number of Topliss-reactive ketones (excluding diaryl/α,β-unsaturated/α-hetero) is 1. The predicted molar refractivity (Wildman–Crippen MR) is 75.9 cm³/mol. The Morgan fingerprint density at radius 1 is 1.00 bits per heavy atom. The molecule has 2 aromatic carbocycles. The molecule has 0 fully saturated rings. The van der Waals surface area contributed by atoms with Crippen molar-refractivity contribution < 1.29 is 9.90 Å². The smallest absolute Gasteiger partial charge is 0.203 e. The van der Waals surface area contributed by atoms with Crippen LogP contribution in [0.3, 0.4) is 0 Å². The van der Waals surface area contributed by atoms with Crippen molar-refractivity contribution in [3.8, 4) is 0 Å². The molecule has 0 aliphatic heterocycles. The minimum absolute atomic E-state index is 0.355. The molecule has 0 heterocycles. The number of carbonyl (C=O) groups excluding carboxylic acids is 1. The Hall–Kier alpha value is -2.19. The maximum atomic E-state index is 12.6. The molecule has 2 rings (SSSR count). The van der Waals surface area contributed by atoms with E-state index in [0.29, 0.717) is 16.7 Å². The summed E-state index contributed by atoms with van der Waals surface area (Å²) in [6, 6.07) is 17.7. The third-order valence-electron chi connectivity index (χ3n) is 3.17. The van der Waals surface area contributed by atoms with E-state index in [0.717, 1.165) is 0 Å². The second kappa shape index (κ2) is 5.21. The summed E-state index contributed by atoms with van der Waals surface area (Å²) in [5.41, 5.74) is -0.261. The number of hydrogen-bond donors (Lipinski definition) is 1. The van der Waals surface area contributed by atoms with Crippen molar-refractivity contribution in [3.63, 3.8) is 0 Å². The second-order valence-electron chi connectivity index (χ2n) is 4.55. The molecule has 0 spiro atoms. The third kappa shape index (κ3) is 2.35. The highest BCUT2D eigenvalue weighted by molar-refractivity contribution is 6.04. The Morgan fingerprint density at radius 2 is 1.47 bits per heavy atom. The van der Waals surface area contributed by atoms with Gasteiger partial charge in [-0.1, -0.05) is 67.2 Å². The van der Waals surface area contributed by atoms with E-state index in [9.17, 15) is 9.90 Å². The van der Waals surface area contributed by atoms with Gasteiger partial charge in [0, 0.05) is 5.56 Å². The van der Waals surface area contributed by atoms with Crippen molar-refractivity contribution >= 4 is 5.78 Å². The number of rotatable bonds is 4. The second-order valence-corrected chi connectivity index (χ2v) is 4.55. The summed E-state index contributed by atoms with van der Waals surface area (Å²) < 4.78 is 0. The molecule has 0 aliphatic carbocycles. The zero-order valence-corrected chi connectivity index (χ0v) is 10.8. The van der Waals surface area contributed by atoms with Gasteiger partial charge in [-0.2, -0.15) is 0 Å². The molecule has 1 atom stereocenters. The van der Waals surface area contributed by atoms with Gasteiger partial charge in [-0.3, -0.25) is 4.79 Å². The Morgan fingerprint density at radius 3 is 1.95 bits per heavy atom. The summed E-state index contributed by atoms with van der Waals surface area (Å²) >= 11 is 0. The van der Waals surface area contributed by atoms with Crippen molar-refractivity contribution in [1.82, 2.24) is 0 Å². The predicted octanol–water partition coefficient (Wildman–Crippen LogP) is 3.33. The van der Waals surface area contributed by atoms with E-state index < -0.39 is 5.60 Å². The summed E-state index contributed by atoms with van der Waals surface area (Å²) in [6.07, 6.45) is 0. The average Bonchev–Trinajstić information content (AvgIpc) is 2.47. The lowest BCUT2D eigenvalue weighted by Crippen LogP contribution is -2.36. The maximum absolute atomic E-state index is 12.6. The fraction of sp³-hybridized carbons (Fsp3) is 0.118. The molecular weight excluding hydrogens is 236 g/mol. The van der Waals surface area contributed by atoms with Gasteiger partial charge >= 0.3 is 0 Å². The number of benzene rings is 2. The molecule has 2 nitrogen and oxygen atoms in total. The monoisotopic (exact) mass is 252 g/mol. The van der Waals surface area contributed by atoms with Crippen molar-refractivity contribution in [2.24, 2.45) is 0 Å². The van der Waals surface area contributed by atoms with Gasteiger partial charge in [0.2, 0.25) is 5.78 Å². The molecule has 0 saturated carbocycles. The molecule has 2 aromatic rings. The van der Waals surface area contributed by atoms with Crippen LogP contribution in [0, 0.1) is 0 Å². The standard InChI is InChI=1S/C17H16O2/c1-13(2)17(19,15-11-7-4-8-12-15)16(18)14-9-5-3-6-10-14/h3-12,19H,1H2,2H3. The first-order chi connectivity index (χ1) is 9.06. The quantitative estimate of drug-likeness (QED) is 0.669. The fourth-order valence-corrected chi connectivity index (χ4v) is 2.05. The topological polar surface area (TPSA) is 37.3 Å². The van der Waals surface area contributed by atoms with Crippen LogP contribution < -0.4 is 0 Å². The average molecular weight is 252 g/mol. The van der Waals surface area contributed by atoms with Gasteiger partial charge in [0.25, 0.3) is 0 Å². The van der Waals surface area contributed by atoms with Crippen LogP contribution in [0.15, 0.2) is 72.8 Å². The summed E-state index contributed by atoms with van der Waals surface area (Å²) in [4.78, 5) is 12.6. The zero-order chi connectivity index (χ0) is 13.9. The lowest BCUT2D eigenvalue weighted by Gasteiger charge is -2.27. The summed E-state index contributed by atoms with van der Waals surface area (Å²) in [7, 11) is 0. The highest BCUT2D eigenvalue weighted by Gasteiger charge is 2.39. The SMILES string of the molecule is C=C(C)C(O)(C(=O)c1ccccc1)c1ccccc1. The third-order valence-corrected chi connectivity index (χ3v) is 3.17. The van der Waals surface area contributed by atoms with E-state index >= 15 is 0 Å². The van der Waals surface area contributed by atoms with E-state index in [-0.39, 0.29) is 5.78 Å². The van der Waals surface area contributed by atoms with Crippen LogP contribution in [0.5, 0.6) is 0 Å². The first kappa shape index (κ1) is 13.2. The first-order valence-electron chi connectivity index (χ1n) is 6.10. The summed E-state index contributed by atoms with van der Waals surface area (Å²) in [6.45, 7) is 5.44. The molecule has 0 amide bonds. The summed E-state index contributed by atoms with van der Waals surface area (Å²) in [5, 5.41) is 10.8. The largest absolute Gasteiger partial charge is 0.373 e. The van der Waals surface area contributed by atoms with Gasteiger partial charge < -0.3 is 5.11 Å². The van der Waals surface area contributed by atoms with Crippen LogP contribution in [-0.4, -0.2) is 10.9 Å². The molecule has 0 radical (unpaired) electrons. The molecule has 0 saturated heterocycles. The van der Waals surface area contributed by atoms with E-state index in [1.165, 1.54) is 0 Å². The van der Waals surface area contributed by atoms with E-state index in [1.807, 2.05) is 12.1 Å². The molecule has 0 bridgehead atoms. The van der Waals surface area contributed by atoms with Crippen molar-refractivity contribution in [3.05, 3.63) is 83.9 Å². The molecule has 1 unspecified atom stereocenters. The Labute approximate surface area is 113 Å². The van der Waals surface area contributed by atoms with Gasteiger partial charge in [-0.25, -0.2) is 0 Å².